The second kappa shape index (κ2) is 7.23. The minimum Gasteiger partial charge on any atom is -0.497 e. The first-order valence-electron chi connectivity index (χ1n) is 6.64. The van der Waals surface area contributed by atoms with Gasteiger partial charge in [-0.05, 0) is 24.1 Å². The molecule has 1 aromatic heterocycles. The van der Waals surface area contributed by atoms with Crippen LogP contribution in [0.25, 0.3) is 0 Å². The maximum Gasteiger partial charge on any atom is 0.271 e. The van der Waals surface area contributed by atoms with Gasteiger partial charge in [0, 0.05) is 13.6 Å². The van der Waals surface area contributed by atoms with Gasteiger partial charge in [0.2, 0.25) is 0 Å². The summed E-state index contributed by atoms with van der Waals surface area (Å²) in [5.74, 6) is 1.23. The number of rotatable bonds is 6. The number of anilines is 1. The van der Waals surface area contributed by atoms with Crippen molar-refractivity contribution in [2.75, 3.05) is 26.0 Å². The minimum atomic E-state index is -0.223. The quantitative estimate of drug-likeness (QED) is 0.841. The van der Waals surface area contributed by atoms with Crippen molar-refractivity contribution in [1.82, 2.24) is 15.3 Å². The number of benzene rings is 1. The molecule has 0 aliphatic carbocycles. The van der Waals surface area contributed by atoms with Crippen molar-refractivity contribution in [3.05, 3.63) is 47.9 Å². The van der Waals surface area contributed by atoms with Crippen LogP contribution in [-0.2, 0) is 6.42 Å². The van der Waals surface area contributed by atoms with Crippen molar-refractivity contribution in [3.8, 4) is 5.75 Å². The predicted molar refractivity (Wildman–Crippen MR) is 80.6 cm³/mol. The molecule has 0 aliphatic rings. The van der Waals surface area contributed by atoms with Gasteiger partial charge < -0.3 is 15.4 Å². The first-order chi connectivity index (χ1) is 10.2. The Hall–Kier alpha value is -2.63. The Morgan fingerprint density at radius 1 is 1.19 bits per heavy atom. The molecule has 21 heavy (non-hydrogen) atoms. The SMILES string of the molecule is CNc1cnc(C(=O)NCCc2ccc(OC)cc2)cn1. The van der Waals surface area contributed by atoms with E-state index in [9.17, 15) is 4.79 Å². The van der Waals surface area contributed by atoms with Crippen LogP contribution in [0.1, 0.15) is 16.1 Å². The third-order valence-corrected chi connectivity index (χ3v) is 3.00. The minimum absolute atomic E-state index is 0.223. The first kappa shape index (κ1) is 14.8. The number of hydrogen-bond acceptors (Lipinski definition) is 5. The zero-order chi connectivity index (χ0) is 15.1. The molecule has 2 N–H and O–H groups in total. The van der Waals surface area contributed by atoms with Crippen molar-refractivity contribution in [2.45, 2.75) is 6.42 Å². The number of amides is 1. The van der Waals surface area contributed by atoms with Crippen LogP contribution in [-0.4, -0.2) is 36.6 Å². The van der Waals surface area contributed by atoms with Gasteiger partial charge in [0.15, 0.2) is 0 Å². The number of nitrogens with zero attached hydrogens (tertiary/aromatic N) is 2. The van der Waals surface area contributed by atoms with Crippen LogP contribution in [0.5, 0.6) is 5.75 Å². The normalized spacial score (nSPS) is 10.0. The van der Waals surface area contributed by atoms with E-state index >= 15 is 0 Å². The lowest BCUT2D eigenvalue weighted by atomic mass is 10.1. The molecule has 1 amide bonds. The summed E-state index contributed by atoms with van der Waals surface area (Å²) in [5, 5.41) is 5.67. The van der Waals surface area contributed by atoms with Gasteiger partial charge in [-0.2, -0.15) is 0 Å². The number of hydrogen-bond donors (Lipinski definition) is 2. The monoisotopic (exact) mass is 286 g/mol. The summed E-state index contributed by atoms with van der Waals surface area (Å²) in [6, 6.07) is 7.76. The number of carbonyl (C=O) groups excluding carboxylic acids is 1. The van der Waals surface area contributed by atoms with Crippen LogP contribution in [0.4, 0.5) is 5.82 Å². The molecule has 2 aromatic rings. The highest BCUT2D eigenvalue weighted by Gasteiger charge is 2.07. The zero-order valence-electron chi connectivity index (χ0n) is 12.1. The van der Waals surface area contributed by atoms with Crippen molar-refractivity contribution in [2.24, 2.45) is 0 Å². The summed E-state index contributed by atoms with van der Waals surface area (Å²) in [6.45, 7) is 0.542. The fraction of sp³-hybridized carbons (Fsp3) is 0.267. The molecule has 6 heteroatoms. The van der Waals surface area contributed by atoms with Gasteiger partial charge in [0.05, 0.1) is 19.5 Å². The molecule has 6 nitrogen and oxygen atoms in total. The molecule has 0 fully saturated rings. The molecule has 0 saturated carbocycles. The highest BCUT2D eigenvalue weighted by atomic mass is 16.5. The van der Waals surface area contributed by atoms with Crippen LogP contribution in [0.15, 0.2) is 36.7 Å². The third-order valence-electron chi connectivity index (χ3n) is 3.00. The Morgan fingerprint density at radius 2 is 1.95 bits per heavy atom. The topological polar surface area (TPSA) is 76.1 Å². The summed E-state index contributed by atoms with van der Waals surface area (Å²) >= 11 is 0. The molecular formula is C15H18N4O2. The van der Waals surface area contributed by atoms with Gasteiger partial charge >= 0.3 is 0 Å². The Kier molecular flexibility index (Phi) is 5.09. The van der Waals surface area contributed by atoms with E-state index in [4.69, 9.17) is 4.74 Å². The third kappa shape index (κ3) is 4.17. The lowest BCUT2D eigenvalue weighted by molar-refractivity contribution is 0.0949. The molecule has 1 aromatic carbocycles. The summed E-state index contributed by atoms with van der Waals surface area (Å²) in [4.78, 5) is 20.0. The van der Waals surface area contributed by atoms with Crippen LogP contribution >= 0.6 is 0 Å². The molecular weight excluding hydrogens is 268 g/mol. The van der Waals surface area contributed by atoms with Gasteiger partial charge in [-0.25, -0.2) is 9.97 Å². The molecule has 0 atom stereocenters. The second-order valence-electron chi connectivity index (χ2n) is 4.39. The van der Waals surface area contributed by atoms with Crippen molar-refractivity contribution >= 4 is 11.7 Å². The smallest absolute Gasteiger partial charge is 0.271 e. The molecule has 0 unspecified atom stereocenters. The maximum atomic E-state index is 11.9. The van der Waals surface area contributed by atoms with Crippen LogP contribution in [0.3, 0.4) is 0 Å². The van der Waals surface area contributed by atoms with E-state index in [1.54, 1.807) is 14.2 Å². The van der Waals surface area contributed by atoms with E-state index < -0.39 is 0 Å². The number of nitrogens with one attached hydrogen (secondary N) is 2. The summed E-state index contributed by atoms with van der Waals surface area (Å²) in [7, 11) is 3.38. The van der Waals surface area contributed by atoms with E-state index in [0.717, 1.165) is 17.7 Å². The second-order valence-corrected chi connectivity index (χ2v) is 4.39. The van der Waals surface area contributed by atoms with Crippen LogP contribution in [0.2, 0.25) is 0 Å². The molecule has 0 saturated heterocycles. The Bertz CT molecular complexity index is 582. The number of ether oxygens (including phenoxy) is 1. The molecule has 0 aliphatic heterocycles. The zero-order valence-corrected chi connectivity index (χ0v) is 12.1. The molecule has 0 radical (unpaired) electrons. The van der Waals surface area contributed by atoms with Gasteiger partial charge in [-0.3, -0.25) is 4.79 Å². The van der Waals surface area contributed by atoms with Crippen molar-refractivity contribution in [3.63, 3.8) is 0 Å². The van der Waals surface area contributed by atoms with Crippen LogP contribution < -0.4 is 15.4 Å². The lowest BCUT2D eigenvalue weighted by Crippen LogP contribution is -2.26. The summed E-state index contributed by atoms with van der Waals surface area (Å²) < 4.78 is 5.10. The maximum absolute atomic E-state index is 11.9. The van der Waals surface area contributed by atoms with Gasteiger partial charge in [0.1, 0.15) is 17.3 Å². The number of methoxy groups -OCH3 is 1. The Morgan fingerprint density at radius 3 is 2.52 bits per heavy atom. The van der Waals surface area contributed by atoms with Gasteiger partial charge in [0.25, 0.3) is 5.91 Å². The summed E-state index contributed by atoms with van der Waals surface area (Å²) in [6.07, 6.45) is 3.73. The van der Waals surface area contributed by atoms with E-state index in [0.29, 0.717) is 18.1 Å². The Labute approximate surface area is 123 Å². The first-order valence-corrected chi connectivity index (χ1v) is 6.64. The Balaban J connectivity index is 1.82. The highest BCUT2D eigenvalue weighted by Crippen LogP contribution is 2.11. The fourth-order valence-electron chi connectivity index (χ4n) is 1.78. The highest BCUT2D eigenvalue weighted by molar-refractivity contribution is 5.91. The van der Waals surface area contributed by atoms with E-state index in [-0.39, 0.29) is 5.91 Å². The molecule has 1 heterocycles. The standard InChI is InChI=1S/C15H18N4O2/c1-16-14-10-18-13(9-19-14)15(20)17-8-7-11-3-5-12(21-2)6-4-11/h3-6,9-10H,7-8H2,1-2H3,(H,16,19)(H,17,20). The average Bonchev–Trinajstić information content (AvgIpc) is 2.55. The van der Waals surface area contributed by atoms with Gasteiger partial charge in [-0.1, -0.05) is 12.1 Å². The number of carbonyl (C=O) groups is 1. The fourth-order valence-corrected chi connectivity index (χ4v) is 1.78. The molecule has 2 rings (SSSR count). The summed E-state index contributed by atoms with van der Waals surface area (Å²) in [5.41, 5.74) is 1.44. The number of aromatic nitrogens is 2. The van der Waals surface area contributed by atoms with E-state index in [1.807, 2.05) is 24.3 Å². The van der Waals surface area contributed by atoms with Gasteiger partial charge in [-0.15, -0.1) is 0 Å². The molecule has 0 spiro atoms. The van der Waals surface area contributed by atoms with Crippen LogP contribution in [0, 0.1) is 0 Å². The predicted octanol–water partition coefficient (Wildman–Crippen LogP) is 1.50. The average molecular weight is 286 g/mol. The van der Waals surface area contributed by atoms with Crippen molar-refractivity contribution in [1.29, 1.82) is 0 Å². The van der Waals surface area contributed by atoms with E-state index in [1.165, 1.54) is 12.4 Å². The largest absolute Gasteiger partial charge is 0.497 e. The van der Waals surface area contributed by atoms with Crippen molar-refractivity contribution < 1.29 is 9.53 Å². The van der Waals surface area contributed by atoms with E-state index in [2.05, 4.69) is 20.6 Å². The molecule has 0 bridgehead atoms. The molecule has 110 valence electrons. The lowest BCUT2D eigenvalue weighted by Gasteiger charge is -2.06.